The molecular weight excluding hydrogens is 364 g/mol. The molecule has 0 aromatic heterocycles. The van der Waals surface area contributed by atoms with E-state index >= 15 is 0 Å². The normalized spacial score (nSPS) is 14.9. The van der Waals surface area contributed by atoms with Gasteiger partial charge in [-0.1, -0.05) is 0 Å². The van der Waals surface area contributed by atoms with E-state index in [1.54, 1.807) is 63.6 Å². The Kier molecular flexibility index (Phi) is 5.54. The molecule has 3 rings (SSSR count). The average molecular weight is 384 g/mol. The van der Waals surface area contributed by atoms with E-state index in [9.17, 15) is 9.59 Å². The molecule has 1 heterocycles. The Morgan fingerprint density at radius 2 is 1.79 bits per heavy atom. The van der Waals surface area contributed by atoms with Gasteiger partial charge in [-0.3, -0.25) is 4.79 Å². The number of benzene rings is 2. The molecule has 2 aromatic rings. The summed E-state index contributed by atoms with van der Waals surface area (Å²) in [6.07, 6.45) is 0.817. The number of ketones is 1. The minimum absolute atomic E-state index is 0.153. The van der Waals surface area contributed by atoms with Crippen molar-refractivity contribution < 1.29 is 33.3 Å². The zero-order valence-corrected chi connectivity index (χ0v) is 16.0. The van der Waals surface area contributed by atoms with Crippen molar-refractivity contribution >= 4 is 17.8 Å². The summed E-state index contributed by atoms with van der Waals surface area (Å²) in [6.45, 7) is 1.57. The Morgan fingerprint density at radius 3 is 2.46 bits per heavy atom. The number of fused-ring (bicyclic) bond motifs is 1. The lowest BCUT2D eigenvalue weighted by Crippen LogP contribution is -2.24. The molecule has 1 atom stereocenters. The molecule has 0 spiro atoms. The lowest BCUT2D eigenvalue weighted by molar-refractivity contribution is -0.147. The van der Waals surface area contributed by atoms with Crippen molar-refractivity contribution in [1.82, 2.24) is 0 Å². The molecule has 0 aliphatic carbocycles. The van der Waals surface area contributed by atoms with E-state index in [-0.39, 0.29) is 11.5 Å². The van der Waals surface area contributed by atoms with Gasteiger partial charge in [-0.25, -0.2) is 4.79 Å². The number of rotatable bonds is 6. The Bertz CT molecular complexity index is 946. The van der Waals surface area contributed by atoms with Gasteiger partial charge in [0.1, 0.15) is 23.0 Å². The van der Waals surface area contributed by atoms with Crippen LogP contribution in [0.25, 0.3) is 6.08 Å². The number of carbonyl (C=O) groups is 2. The zero-order chi connectivity index (χ0) is 20.3. The average Bonchev–Trinajstić information content (AvgIpc) is 3.01. The maximum atomic E-state index is 12.7. The van der Waals surface area contributed by atoms with Crippen LogP contribution in [0, 0.1) is 0 Å². The Hall–Kier alpha value is -3.48. The van der Waals surface area contributed by atoms with E-state index in [1.807, 2.05) is 0 Å². The minimum atomic E-state index is -0.781. The molecule has 2 aromatic carbocycles. The summed E-state index contributed by atoms with van der Waals surface area (Å²) >= 11 is 0. The maximum Gasteiger partial charge on any atom is 0.346 e. The molecular formula is C21H20O7. The first-order chi connectivity index (χ1) is 13.5. The SMILES string of the molecule is COC(=O)[C@@H](C)Oc1ccc2c(c1)O/C(=C\c1cc(OC)ccc1OC)C2=O. The Labute approximate surface area is 162 Å². The predicted molar refractivity (Wildman–Crippen MR) is 101 cm³/mol. The number of hydrogen-bond acceptors (Lipinski definition) is 7. The largest absolute Gasteiger partial charge is 0.497 e. The Balaban J connectivity index is 1.88. The van der Waals surface area contributed by atoms with Gasteiger partial charge in [0, 0.05) is 11.6 Å². The quantitative estimate of drug-likeness (QED) is 0.559. The molecule has 0 fully saturated rings. The van der Waals surface area contributed by atoms with E-state index in [1.165, 1.54) is 7.11 Å². The van der Waals surface area contributed by atoms with Gasteiger partial charge in [-0.05, 0) is 43.3 Å². The first kappa shape index (κ1) is 19.3. The van der Waals surface area contributed by atoms with E-state index in [0.29, 0.717) is 34.1 Å². The predicted octanol–water partition coefficient (Wildman–Crippen LogP) is 3.26. The molecule has 1 aliphatic rings. The van der Waals surface area contributed by atoms with Crippen LogP contribution in [0.5, 0.6) is 23.0 Å². The van der Waals surface area contributed by atoms with Gasteiger partial charge in [0.2, 0.25) is 5.78 Å². The van der Waals surface area contributed by atoms with Crippen LogP contribution in [-0.2, 0) is 9.53 Å². The van der Waals surface area contributed by atoms with Gasteiger partial charge < -0.3 is 23.7 Å². The van der Waals surface area contributed by atoms with Crippen molar-refractivity contribution in [3.8, 4) is 23.0 Å². The number of carbonyl (C=O) groups excluding carboxylic acids is 2. The number of ether oxygens (including phenoxy) is 5. The molecule has 0 radical (unpaired) electrons. The second-order valence-corrected chi connectivity index (χ2v) is 5.99. The van der Waals surface area contributed by atoms with Crippen LogP contribution < -0.4 is 18.9 Å². The summed E-state index contributed by atoms with van der Waals surface area (Å²) in [4.78, 5) is 24.2. The van der Waals surface area contributed by atoms with Gasteiger partial charge in [0.15, 0.2) is 11.9 Å². The highest BCUT2D eigenvalue weighted by Gasteiger charge is 2.28. The molecule has 28 heavy (non-hydrogen) atoms. The Morgan fingerprint density at radius 1 is 1.04 bits per heavy atom. The fourth-order valence-electron chi connectivity index (χ4n) is 2.75. The monoisotopic (exact) mass is 384 g/mol. The molecule has 0 unspecified atom stereocenters. The summed E-state index contributed by atoms with van der Waals surface area (Å²) in [5, 5.41) is 0. The van der Waals surface area contributed by atoms with Crippen LogP contribution >= 0.6 is 0 Å². The van der Waals surface area contributed by atoms with Crippen LogP contribution in [0.3, 0.4) is 0 Å². The van der Waals surface area contributed by atoms with Crippen LogP contribution in [0.4, 0.5) is 0 Å². The lowest BCUT2D eigenvalue weighted by Gasteiger charge is -2.12. The number of allylic oxidation sites excluding steroid dienone is 1. The highest BCUT2D eigenvalue weighted by Crippen LogP contribution is 2.36. The summed E-state index contributed by atoms with van der Waals surface area (Å²) < 4.78 is 26.4. The van der Waals surface area contributed by atoms with Crippen molar-refractivity contribution in [2.75, 3.05) is 21.3 Å². The van der Waals surface area contributed by atoms with Gasteiger partial charge in [-0.2, -0.15) is 0 Å². The fourth-order valence-corrected chi connectivity index (χ4v) is 2.75. The van der Waals surface area contributed by atoms with Gasteiger partial charge in [0.05, 0.1) is 26.9 Å². The fraction of sp³-hybridized carbons (Fsp3) is 0.238. The van der Waals surface area contributed by atoms with Gasteiger partial charge in [-0.15, -0.1) is 0 Å². The van der Waals surface area contributed by atoms with Crippen LogP contribution in [-0.4, -0.2) is 39.2 Å². The number of methoxy groups -OCH3 is 3. The molecule has 1 aliphatic heterocycles. The lowest BCUT2D eigenvalue weighted by atomic mass is 10.1. The van der Waals surface area contributed by atoms with Gasteiger partial charge in [0.25, 0.3) is 0 Å². The van der Waals surface area contributed by atoms with Crippen LogP contribution in [0.2, 0.25) is 0 Å². The molecule has 0 amide bonds. The third-order valence-corrected chi connectivity index (χ3v) is 4.21. The number of esters is 1. The molecule has 0 N–H and O–H groups in total. The van der Waals surface area contributed by atoms with E-state index in [0.717, 1.165) is 0 Å². The van der Waals surface area contributed by atoms with Crippen molar-refractivity contribution in [2.24, 2.45) is 0 Å². The maximum absolute atomic E-state index is 12.7. The third-order valence-electron chi connectivity index (χ3n) is 4.21. The molecule has 7 heteroatoms. The molecule has 0 saturated heterocycles. The van der Waals surface area contributed by atoms with E-state index < -0.39 is 12.1 Å². The van der Waals surface area contributed by atoms with E-state index in [2.05, 4.69) is 4.74 Å². The summed E-state index contributed by atoms with van der Waals surface area (Å²) in [7, 11) is 4.39. The third kappa shape index (κ3) is 3.78. The second-order valence-electron chi connectivity index (χ2n) is 5.99. The first-order valence-corrected chi connectivity index (χ1v) is 8.51. The van der Waals surface area contributed by atoms with Crippen molar-refractivity contribution in [2.45, 2.75) is 13.0 Å². The summed E-state index contributed by atoms with van der Waals surface area (Å²) in [5.41, 5.74) is 1.06. The van der Waals surface area contributed by atoms with Crippen LogP contribution in [0.15, 0.2) is 42.2 Å². The molecule has 0 saturated carbocycles. The molecule has 7 nitrogen and oxygen atoms in total. The van der Waals surface area contributed by atoms with Gasteiger partial charge >= 0.3 is 5.97 Å². The van der Waals surface area contributed by atoms with Crippen molar-refractivity contribution in [1.29, 1.82) is 0 Å². The first-order valence-electron chi connectivity index (χ1n) is 8.51. The zero-order valence-electron chi connectivity index (χ0n) is 16.0. The minimum Gasteiger partial charge on any atom is -0.497 e. The number of hydrogen-bond donors (Lipinski definition) is 0. The van der Waals surface area contributed by atoms with E-state index in [4.69, 9.17) is 18.9 Å². The summed E-state index contributed by atoms with van der Waals surface area (Å²) in [6, 6.07) is 10.0. The second kappa shape index (κ2) is 8.04. The molecule has 0 bridgehead atoms. The topological polar surface area (TPSA) is 80.3 Å². The van der Waals surface area contributed by atoms with Crippen molar-refractivity contribution in [3.63, 3.8) is 0 Å². The smallest absolute Gasteiger partial charge is 0.346 e. The van der Waals surface area contributed by atoms with Crippen LogP contribution in [0.1, 0.15) is 22.8 Å². The van der Waals surface area contributed by atoms with Crippen molar-refractivity contribution in [3.05, 3.63) is 53.3 Å². The standard InChI is InChI=1S/C21H20O7/c1-12(21(23)26-4)27-15-5-7-16-18(11-15)28-19(20(16)22)10-13-9-14(24-2)6-8-17(13)25-3/h5-12H,1-4H3/b19-10-/t12-/m1/s1. The summed E-state index contributed by atoms with van der Waals surface area (Å²) in [5.74, 6) is 1.35. The highest BCUT2D eigenvalue weighted by molar-refractivity contribution is 6.14. The highest BCUT2D eigenvalue weighted by atomic mass is 16.6. The number of Topliss-reactive ketones (excluding diaryl/α,β-unsaturated/α-hetero) is 1. The molecule has 146 valence electrons.